The van der Waals surface area contributed by atoms with Gasteiger partial charge in [0, 0.05) is 54.7 Å². The lowest BCUT2D eigenvalue weighted by atomic mass is 9.70. The average Bonchev–Trinajstić information content (AvgIpc) is 4.07. The van der Waals surface area contributed by atoms with Gasteiger partial charge in [0.25, 0.3) is 0 Å². The van der Waals surface area contributed by atoms with Gasteiger partial charge in [-0.3, -0.25) is 0 Å². The predicted octanol–water partition coefficient (Wildman–Crippen LogP) is 20.3. The Balaban J connectivity index is 1.08. The van der Waals surface area contributed by atoms with Crippen LogP contribution < -0.4 is 9.80 Å². The molecular formula is C71H50N2O2. The van der Waals surface area contributed by atoms with E-state index in [1.165, 1.54) is 60.1 Å². The number of furan rings is 2. The summed E-state index contributed by atoms with van der Waals surface area (Å²) >= 11 is 0. The quantitative estimate of drug-likeness (QED) is 0.161. The molecule has 2 aromatic heterocycles. The minimum Gasteiger partial charge on any atom is -0.454 e. The van der Waals surface area contributed by atoms with Gasteiger partial charge in [0.15, 0.2) is 11.2 Å². The molecule has 0 fully saturated rings. The van der Waals surface area contributed by atoms with Gasteiger partial charge in [-0.2, -0.15) is 0 Å². The molecule has 356 valence electrons. The SMILES string of the molecule is CC1c2ccc(cc2)-c2ccccc2N(c2cccc3c2oc2ccccc23)c2cc1c1ccc3c(N(c4ccccc4-c4ccccc4)c4cccc5c4oc4ccccc45)cc4c5c(cc2c1c35)C(C)(C)CC4. The molecule has 4 bridgehead atoms. The molecule has 0 saturated carbocycles. The summed E-state index contributed by atoms with van der Waals surface area (Å²) in [7, 11) is 0. The van der Waals surface area contributed by atoms with Gasteiger partial charge in [-0.25, -0.2) is 0 Å². The number of hydrogen-bond acceptors (Lipinski definition) is 4. The van der Waals surface area contributed by atoms with Crippen LogP contribution in [-0.2, 0) is 11.8 Å². The first-order chi connectivity index (χ1) is 36.9. The molecule has 4 heteroatoms. The lowest BCUT2D eigenvalue weighted by Gasteiger charge is -2.37. The lowest BCUT2D eigenvalue weighted by molar-refractivity contribution is 0.475. The third-order valence-corrected chi connectivity index (χ3v) is 17.1. The number of nitrogens with zero attached hydrogens (tertiary/aromatic N) is 2. The molecule has 1 aliphatic carbocycles. The van der Waals surface area contributed by atoms with Crippen LogP contribution in [0.25, 0.3) is 98.4 Å². The molecule has 0 amide bonds. The molecule has 14 aromatic rings. The molecule has 0 N–H and O–H groups in total. The number of fused-ring (bicyclic) bond motifs is 8. The van der Waals surface area contributed by atoms with Gasteiger partial charge in [0.2, 0.25) is 0 Å². The van der Waals surface area contributed by atoms with Crippen molar-refractivity contribution >= 4 is 110 Å². The monoisotopic (exact) mass is 962 g/mol. The fraction of sp³-hybridized carbons (Fsp3) is 0.0986. The van der Waals surface area contributed by atoms with Gasteiger partial charge in [-0.1, -0.05) is 185 Å². The summed E-state index contributed by atoms with van der Waals surface area (Å²) in [4.78, 5) is 5.06. The highest BCUT2D eigenvalue weighted by Gasteiger charge is 2.36. The highest BCUT2D eigenvalue weighted by molar-refractivity contribution is 6.31. The fourth-order valence-corrected chi connectivity index (χ4v) is 13.4. The minimum absolute atomic E-state index is 0.0788. The molecule has 4 nitrogen and oxygen atoms in total. The lowest BCUT2D eigenvalue weighted by Crippen LogP contribution is -2.24. The van der Waals surface area contributed by atoms with Crippen molar-refractivity contribution in [2.24, 2.45) is 0 Å². The van der Waals surface area contributed by atoms with E-state index < -0.39 is 0 Å². The van der Waals surface area contributed by atoms with E-state index in [0.29, 0.717) is 0 Å². The zero-order valence-corrected chi connectivity index (χ0v) is 42.0. The first kappa shape index (κ1) is 42.4. The molecule has 3 aliphatic rings. The second kappa shape index (κ2) is 15.7. The van der Waals surface area contributed by atoms with Crippen molar-refractivity contribution in [3.05, 3.63) is 241 Å². The summed E-state index contributed by atoms with van der Waals surface area (Å²) in [6.07, 6.45) is 1.98. The second-order valence-electron chi connectivity index (χ2n) is 21.6. The van der Waals surface area contributed by atoms with Crippen molar-refractivity contribution in [1.29, 1.82) is 0 Å². The number of benzene rings is 12. The fourth-order valence-electron chi connectivity index (χ4n) is 13.4. The third kappa shape index (κ3) is 6.05. The van der Waals surface area contributed by atoms with Crippen LogP contribution in [0, 0.1) is 0 Å². The second-order valence-corrected chi connectivity index (χ2v) is 21.6. The van der Waals surface area contributed by atoms with Crippen molar-refractivity contribution in [1.82, 2.24) is 0 Å². The Labute approximate surface area is 434 Å². The van der Waals surface area contributed by atoms with Gasteiger partial charge < -0.3 is 18.6 Å². The summed E-state index contributed by atoms with van der Waals surface area (Å²) in [6, 6.07) is 80.8. The predicted molar refractivity (Wildman–Crippen MR) is 314 cm³/mol. The van der Waals surface area contributed by atoms with Gasteiger partial charge >= 0.3 is 0 Å². The van der Waals surface area contributed by atoms with E-state index in [2.05, 4.69) is 249 Å². The highest BCUT2D eigenvalue weighted by Crippen LogP contribution is 2.57. The normalized spacial score (nSPS) is 15.0. The van der Waals surface area contributed by atoms with Gasteiger partial charge in [-0.05, 0) is 122 Å². The minimum atomic E-state index is -0.104. The Kier molecular flexibility index (Phi) is 8.87. The number of aryl methyl sites for hydroxylation is 1. The van der Waals surface area contributed by atoms with Crippen molar-refractivity contribution in [3.63, 3.8) is 0 Å². The largest absolute Gasteiger partial charge is 0.454 e. The van der Waals surface area contributed by atoms with Gasteiger partial charge in [-0.15, -0.1) is 0 Å². The van der Waals surface area contributed by atoms with Crippen molar-refractivity contribution in [2.45, 2.75) is 44.9 Å². The van der Waals surface area contributed by atoms with Crippen molar-refractivity contribution in [3.8, 4) is 22.3 Å². The molecule has 2 aliphatic heterocycles. The van der Waals surface area contributed by atoms with E-state index in [1.807, 2.05) is 0 Å². The van der Waals surface area contributed by atoms with Crippen LogP contribution in [0.15, 0.2) is 227 Å². The Bertz CT molecular complexity index is 4650. The van der Waals surface area contributed by atoms with Crippen LogP contribution in [0.2, 0.25) is 0 Å². The standard InChI is InChI=1S/C71H50N2O2/c1-42-43-31-33-45(34-32-43)48-20-8-12-26-59(48)73(61-28-16-24-53-50-22-10-14-30-65(50)75-70(53)61)63-41-55(42)51-35-36-54-62(39-46-37-38-71(2,3)57-40-56(63)67(51)68(54)66(46)57)72(58-25-11-7-19-47(58)44-17-5-4-6-18-44)60-27-15-23-52-49-21-9-13-29-64(49)74-69(52)60/h4-36,39-42H,37-38H2,1-3H3. The van der Waals surface area contributed by atoms with Crippen molar-refractivity contribution in [2.75, 3.05) is 9.80 Å². The van der Waals surface area contributed by atoms with E-state index >= 15 is 0 Å². The third-order valence-electron chi connectivity index (χ3n) is 17.1. The molecule has 0 spiro atoms. The molecular weight excluding hydrogens is 913 g/mol. The van der Waals surface area contributed by atoms with Crippen LogP contribution in [0.5, 0.6) is 0 Å². The molecule has 0 saturated heterocycles. The molecule has 4 heterocycles. The Morgan fingerprint density at radius 1 is 0.440 bits per heavy atom. The topological polar surface area (TPSA) is 32.8 Å². The van der Waals surface area contributed by atoms with Crippen LogP contribution in [0.1, 0.15) is 55.4 Å². The summed E-state index contributed by atoms with van der Waals surface area (Å²) in [6.45, 7) is 7.31. The van der Waals surface area contributed by atoms with E-state index in [9.17, 15) is 0 Å². The molecule has 1 unspecified atom stereocenters. The number of hydrogen-bond donors (Lipinski definition) is 0. The van der Waals surface area contributed by atoms with Crippen LogP contribution in [0.4, 0.5) is 34.1 Å². The Morgan fingerprint density at radius 2 is 1.05 bits per heavy atom. The van der Waals surface area contributed by atoms with Gasteiger partial charge in [0.1, 0.15) is 11.2 Å². The summed E-state index contributed by atoms with van der Waals surface area (Å²) in [5.74, 6) is 0.0788. The van der Waals surface area contributed by atoms with E-state index in [1.54, 1.807) is 0 Å². The summed E-state index contributed by atoms with van der Waals surface area (Å²) in [5.41, 5.74) is 19.9. The number of anilines is 6. The average molecular weight is 963 g/mol. The molecule has 12 aromatic carbocycles. The molecule has 75 heavy (non-hydrogen) atoms. The zero-order valence-electron chi connectivity index (χ0n) is 42.0. The maximum atomic E-state index is 7.01. The first-order valence-electron chi connectivity index (χ1n) is 26.4. The van der Waals surface area contributed by atoms with Crippen LogP contribution >= 0.6 is 0 Å². The van der Waals surface area contributed by atoms with Crippen LogP contribution in [-0.4, -0.2) is 0 Å². The van der Waals surface area contributed by atoms with E-state index in [-0.39, 0.29) is 11.3 Å². The smallest absolute Gasteiger partial charge is 0.159 e. The summed E-state index contributed by atoms with van der Waals surface area (Å²) < 4.78 is 14.0. The maximum Gasteiger partial charge on any atom is 0.159 e. The van der Waals surface area contributed by atoms with E-state index in [0.717, 1.165) is 108 Å². The number of para-hydroxylation sites is 6. The van der Waals surface area contributed by atoms with Crippen LogP contribution in [0.3, 0.4) is 0 Å². The highest BCUT2D eigenvalue weighted by atomic mass is 16.3. The number of rotatable bonds is 5. The Morgan fingerprint density at radius 3 is 1.85 bits per heavy atom. The molecule has 1 atom stereocenters. The maximum absolute atomic E-state index is 7.01. The van der Waals surface area contributed by atoms with E-state index in [4.69, 9.17) is 8.83 Å². The summed E-state index contributed by atoms with van der Waals surface area (Å²) in [5, 5.41) is 12.1. The first-order valence-corrected chi connectivity index (χ1v) is 26.4. The Hall–Kier alpha value is -9.12. The van der Waals surface area contributed by atoms with Gasteiger partial charge in [0.05, 0.1) is 34.1 Å². The van der Waals surface area contributed by atoms with Crippen molar-refractivity contribution < 1.29 is 8.83 Å². The zero-order chi connectivity index (χ0) is 49.7. The molecule has 17 rings (SSSR count). The molecule has 0 radical (unpaired) electrons.